The Morgan fingerprint density at radius 3 is 2.38 bits per heavy atom. The van der Waals surface area contributed by atoms with Crippen LogP contribution in [0.15, 0.2) is 57.9 Å². The lowest BCUT2D eigenvalue weighted by molar-refractivity contribution is -0.153. The van der Waals surface area contributed by atoms with E-state index in [9.17, 15) is 22.4 Å². The summed E-state index contributed by atoms with van der Waals surface area (Å²) >= 11 is 0. The van der Waals surface area contributed by atoms with E-state index in [1.807, 2.05) is 24.8 Å². The highest BCUT2D eigenvalue weighted by molar-refractivity contribution is 5.68. The van der Waals surface area contributed by atoms with E-state index in [0.29, 0.717) is 25.3 Å². The summed E-state index contributed by atoms with van der Waals surface area (Å²) in [6.07, 6.45) is -0.534. The number of halogens is 4. The number of benzene rings is 1. The van der Waals surface area contributed by atoms with E-state index in [4.69, 9.17) is 4.42 Å². The molecule has 0 unspecified atom stereocenters. The van der Waals surface area contributed by atoms with Crippen LogP contribution < -0.4 is 10.6 Å². The normalized spacial score (nSPS) is 13.9. The van der Waals surface area contributed by atoms with Gasteiger partial charge in [-0.15, -0.1) is 0 Å². The third-order valence-corrected chi connectivity index (χ3v) is 4.74. The van der Waals surface area contributed by atoms with Gasteiger partial charge in [0.15, 0.2) is 5.82 Å². The summed E-state index contributed by atoms with van der Waals surface area (Å²) in [6, 6.07) is 8.21. The van der Waals surface area contributed by atoms with E-state index >= 15 is 0 Å². The molecule has 4 rings (SSSR count). The molecule has 170 valence electrons. The van der Waals surface area contributed by atoms with Crippen molar-refractivity contribution in [3.63, 3.8) is 0 Å². The minimum absolute atomic E-state index is 0.0451. The van der Waals surface area contributed by atoms with Crippen molar-refractivity contribution in [2.75, 3.05) is 18.0 Å². The summed E-state index contributed by atoms with van der Waals surface area (Å²) in [7, 11) is 0. The Morgan fingerprint density at radius 1 is 1.09 bits per heavy atom. The van der Waals surface area contributed by atoms with Gasteiger partial charge in [-0.25, -0.2) is 13.9 Å². The smallest absolute Gasteiger partial charge is 0.449 e. The molecular weight excluding hydrogens is 428 g/mol. The lowest BCUT2D eigenvalue weighted by Crippen LogP contribution is -2.33. The molecule has 1 aliphatic rings. The van der Waals surface area contributed by atoms with Crippen molar-refractivity contribution < 1.29 is 22.0 Å². The molecule has 0 fully saturated rings. The second-order valence-electron chi connectivity index (χ2n) is 6.75. The molecule has 0 saturated carbocycles. The van der Waals surface area contributed by atoms with E-state index in [1.54, 1.807) is 12.1 Å². The van der Waals surface area contributed by atoms with Crippen LogP contribution in [-0.4, -0.2) is 27.9 Å². The summed E-state index contributed by atoms with van der Waals surface area (Å²) in [5.74, 6) is -1.10. The molecule has 1 aliphatic heterocycles. The molecule has 3 aromatic rings. The highest BCUT2D eigenvalue weighted by Gasteiger charge is 2.34. The molecule has 0 aliphatic carbocycles. The Hall–Kier alpha value is -3.43. The number of hydrogen-bond acceptors (Lipinski definition) is 5. The second kappa shape index (κ2) is 9.80. The number of rotatable bonds is 4. The largest absolute Gasteiger partial charge is 0.455 e. The molecule has 10 heteroatoms. The fourth-order valence-electron chi connectivity index (χ4n) is 3.18. The lowest BCUT2D eigenvalue weighted by Gasteiger charge is -2.27. The molecule has 1 aromatic carbocycles. The van der Waals surface area contributed by atoms with Gasteiger partial charge in [-0.1, -0.05) is 32.1 Å². The van der Waals surface area contributed by atoms with Crippen molar-refractivity contribution in [3.8, 4) is 0 Å². The molecular formula is C22H22F4N4O2. The predicted molar refractivity (Wildman–Crippen MR) is 112 cm³/mol. The van der Waals surface area contributed by atoms with E-state index < -0.39 is 17.6 Å². The number of alkyl halides is 3. The number of aromatic nitrogens is 3. The van der Waals surface area contributed by atoms with Crippen molar-refractivity contribution >= 4 is 11.4 Å². The van der Waals surface area contributed by atoms with Gasteiger partial charge in [0.25, 0.3) is 0 Å². The molecule has 0 radical (unpaired) electrons. The number of furan rings is 1. The molecule has 32 heavy (non-hydrogen) atoms. The third kappa shape index (κ3) is 5.43. The summed E-state index contributed by atoms with van der Waals surface area (Å²) in [5, 5.41) is 4.00. The fraction of sp³-hybridized carbons (Fsp3) is 0.318. The molecule has 0 spiro atoms. The average Bonchev–Trinajstić information content (AvgIpc) is 3.27. The van der Waals surface area contributed by atoms with Crippen LogP contribution in [0.2, 0.25) is 0 Å². The van der Waals surface area contributed by atoms with Crippen LogP contribution in [0.5, 0.6) is 0 Å². The van der Waals surface area contributed by atoms with Crippen molar-refractivity contribution in [3.05, 3.63) is 82.1 Å². The van der Waals surface area contributed by atoms with Gasteiger partial charge in [-0.05, 0) is 41.8 Å². The fourth-order valence-corrected chi connectivity index (χ4v) is 3.18. The van der Waals surface area contributed by atoms with Crippen LogP contribution in [0, 0.1) is 5.82 Å². The van der Waals surface area contributed by atoms with Crippen LogP contribution in [-0.2, 0) is 12.7 Å². The molecule has 2 aromatic heterocycles. The number of anilines is 1. The molecule has 3 heterocycles. The van der Waals surface area contributed by atoms with Crippen molar-refractivity contribution in [2.24, 2.45) is 0 Å². The van der Waals surface area contributed by atoms with Crippen LogP contribution in [0.25, 0.3) is 5.57 Å². The van der Waals surface area contributed by atoms with E-state index in [2.05, 4.69) is 10.1 Å². The van der Waals surface area contributed by atoms with Crippen LogP contribution in [0.3, 0.4) is 0 Å². The van der Waals surface area contributed by atoms with Gasteiger partial charge >= 0.3 is 11.9 Å². The van der Waals surface area contributed by atoms with Crippen LogP contribution in [0.4, 0.5) is 23.4 Å². The number of nitrogens with zero attached hydrogens (tertiary/aromatic N) is 4. The monoisotopic (exact) mass is 450 g/mol. The third-order valence-electron chi connectivity index (χ3n) is 4.74. The quantitative estimate of drug-likeness (QED) is 0.537. The molecule has 0 bridgehead atoms. The minimum atomic E-state index is -4.59. The first-order valence-electron chi connectivity index (χ1n) is 10.1. The van der Waals surface area contributed by atoms with E-state index in [1.165, 1.54) is 18.3 Å². The van der Waals surface area contributed by atoms with Gasteiger partial charge in [0.2, 0.25) is 5.76 Å². The van der Waals surface area contributed by atoms with Crippen molar-refractivity contribution in [2.45, 2.75) is 33.0 Å². The Bertz CT molecular complexity index is 1130. The Kier molecular flexibility index (Phi) is 7.12. The summed E-state index contributed by atoms with van der Waals surface area (Å²) < 4.78 is 56.6. The number of hydrogen-bond donors (Lipinski definition) is 0. The first-order valence-corrected chi connectivity index (χ1v) is 10.1. The zero-order valence-electron chi connectivity index (χ0n) is 17.6. The van der Waals surface area contributed by atoms with Gasteiger partial charge < -0.3 is 9.32 Å². The van der Waals surface area contributed by atoms with Gasteiger partial charge in [0.05, 0.1) is 6.20 Å². The Labute approximate surface area is 181 Å². The van der Waals surface area contributed by atoms with Crippen LogP contribution >= 0.6 is 0 Å². The van der Waals surface area contributed by atoms with Gasteiger partial charge in [-0.2, -0.15) is 23.3 Å². The van der Waals surface area contributed by atoms with E-state index in [-0.39, 0.29) is 18.1 Å². The zero-order chi connectivity index (χ0) is 23.3. The first kappa shape index (κ1) is 23.2. The SMILES string of the molecule is CC.O=c1nc(N2CC=C(c3ccc(F)cc3)CC2)cnn1Cc1ccc(C(F)(F)F)o1. The molecule has 6 nitrogen and oxygen atoms in total. The molecule has 0 saturated heterocycles. The summed E-state index contributed by atoms with van der Waals surface area (Å²) in [4.78, 5) is 18.1. The van der Waals surface area contributed by atoms with Gasteiger partial charge in [0, 0.05) is 13.1 Å². The van der Waals surface area contributed by atoms with Gasteiger partial charge in [-0.3, -0.25) is 0 Å². The average molecular weight is 450 g/mol. The molecule has 0 atom stereocenters. The summed E-state index contributed by atoms with van der Waals surface area (Å²) in [5.41, 5.74) is 1.32. The topological polar surface area (TPSA) is 64.2 Å². The highest BCUT2D eigenvalue weighted by Crippen LogP contribution is 2.30. The first-order chi connectivity index (χ1) is 15.3. The minimum Gasteiger partial charge on any atom is -0.455 e. The maximum Gasteiger partial charge on any atom is 0.449 e. The second-order valence-corrected chi connectivity index (χ2v) is 6.75. The predicted octanol–water partition coefficient (Wildman–Crippen LogP) is 4.76. The standard InChI is InChI=1S/C20H16F4N4O2.C2H6/c21-15-3-1-13(2-4-15)14-7-9-27(10-8-14)18-11-25-28(19(29)26-18)12-16-5-6-17(30-16)20(22,23)24;1-2/h1-7,11H,8-10,12H2;1-2H3. The Balaban J connectivity index is 0.00000141. The molecule has 0 N–H and O–H groups in total. The lowest BCUT2D eigenvalue weighted by atomic mass is 9.99. The highest BCUT2D eigenvalue weighted by atomic mass is 19.4. The van der Waals surface area contributed by atoms with E-state index in [0.717, 1.165) is 28.0 Å². The van der Waals surface area contributed by atoms with Crippen molar-refractivity contribution in [1.82, 2.24) is 14.8 Å². The zero-order valence-corrected chi connectivity index (χ0v) is 17.6. The Morgan fingerprint density at radius 2 is 1.81 bits per heavy atom. The van der Waals surface area contributed by atoms with Gasteiger partial charge in [0.1, 0.15) is 18.1 Å². The molecule has 0 amide bonds. The van der Waals surface area contributed by atoms with Crippen molar-refractivity contribution in [1.29, 1.82) is 0 Å². The summed E-state index contributed by atoms with van der Waals surface area (Å²) in [6.45, 7) is 4.84. The van der Waals surface area contributed by atoms with Crippen LogP contribution in [0.1, 0.15) is 37.4 Å². The maximum absolute atomic E-state index is 13.1. The maximum atomic E-state index is 13.1.